The van der Waals surface area contributed by atoms with Crippen LogP contribution in [0.25, 0.3) is 6.08 Å². The maximum atomic E-state index is 13.8. The molecule has 1 aromatic heterocycles. The lowest BCUT2D eigenvalue weighted by molar-refractivity contribution is -0.143. The SMILES string of the molecule is CSc1ccc([C@@H]2C(C(=O)OC(C)C)=C(C)N=c3s/c(=C\c4ccc(OCc5ccc(Cl)cc5)cc4)c(=O)n32)cc1. The third-order valence-corrected chi connectivity index (χ3v) is 8.49. The topological polar surface area (TPSA) is 69.9 Å². The van der Waals surface area contributed by atoms with E-state index in [9.17, 15) is 9.59 Å². The number of rotatable bonds is 8. The number of thioether (sulfide) groups is 1. The molecule has 5 rings (SSSR count). The zero-order valence-corrected chi connectivity index (χ0v) is 25.5. The predicted molar refractivity (Wildman–Crippen MR) is 165 cm³/mol. The van der Waals surface area contributed by atoms with Crippen molar-refractivity contribution in [3.05, 3.63) is 125 Å². The van der Waals surface area contributed by atoms with Gasteiger partial charge in [-0.1, -0.05) is 59.3 Å². The van der Waals surface area contributed by atoms with Crippen molar-refractivity contribution < 1.29 is 14.3 Å². The normalized spacial score (nSPS) is 15.1. The quantitative estimate of drug-likeness (QED) is 0.178. The molecule has 0 bridgehead atoms. The molecule has 0 fully saturated rings. The van der Waals surface area contributed by atoms with E-state index in [2.05, 4.69) is 4.99 Å². The highest BCUT2D eigenvalue weighted by atomic mass is 35.5. The summed E-state index contributed by atoms with van der Waals surface area (Å²) >= 11 is 8.89. The number of aromatic nitrogens is 1. The number of nitrogens with zero attached hydrogens (tertiary/aromatic N) is 2. The molecule has 0 N–H and O–H groups in total. The van der Waals surface area contributed by atoms with Crippen molar-refractivity contribution in [1.82, 2.24) is 4.57 Å². The summed E-state index contributed by atoms with van der Waals surface area (Å²) in [5, 5.41) is 0.685. The first-order valence-corrected chi connectivity index (χ1v) is 15.5. The largest absolute Gasteiger partial charge is 0.489 e. The number of allylic oxidation sites excluding steroid dienone is 1. The summed E-state index contributed by atoms with van der Waals surface area (Å²) < 4.78 is 13.6. The number of thiazole rings is 1. The zero-order valence-electron chi connectivity index (χ0n) is 23.1. The van der Waals surface area contributed by atoms with Crippen LogP contribution in [0.15, 0.2) is 98.7 Å². The molecule has 1 aliphatic heterocycles. The van der Waals surface area contributed by atoms with E-state index in [1.807, 2.05) is 85.1 Å². The number of ether oxygens (including phenoxy) is 2. The lowest BCUT2D eigenvalue weighted by atomic mass is 9.96. The van der Waals surface area contributed by atoms with Crippen LogP contribution in [-0.4, -0.2) is 22.9 Å². The minimum absolute atomic E-state index is 0.210. The molecule has 6 nitrogen and oxygen atoms in total. The Balaban J connectivity index is 1.49. The monoisotopic (exact) mass is 604 g/mol. The Morgan fingerprint density at radius 1 is 1.07 bits per heavy atom. The average Bonchev–Trinajstić information content (AvgIpc) is 3.26. The van der Waals surface area contributed by atoms with Crippen molar-refractivity contribution in [2.24, 2.45) is 4.99 Å². The van der Waals surface area contributed by atoms with Crippen LogP contribution in [0.4, 0.5) is 0 Å². The third kappa shape index (κ3) is 6.50. The number of esters is 1. The Hall–Kier alpha value is -3.59. The Labute approximate surface area is 251 Å². The number of halogens is 1. The van der Waals surface area contributed by atoms with E-state index in [0.717, 1.165) is 27.3 Å². The molecule has 2 heterocycles. The Kier molecular flexibility index (Phi) is 8.82. The predicted octanol–water partition coefficient (Wildman–Crippen LogP) is 6.14. The molecule has 3 aromatic carbocycles. The first-order chi connectivity index (χ1) is 19.7. The van der Waals surface area contributed by atoms with Gasteiger partial charge in [-0.3, -0.25) is 9.36 Å². The maximum Gasteiger partial charge on any atom is 0.338 e. The van der Waals surface area contributed by atoms with Crippen molar-refractivity contribution in [3.8, 4) is 5.75 Å². The van der Waals surface area contributed by atoms with Crippen molar-refractivity contribution in [2.75, 3.05) is 6.26 Å². The van der Waals surface area contributed by atoms with E-state index in [0.29, 0.717) is 32.2 Å². The molecule has 9 heteroatoms. The molecule has 0 saturated carbocycles. The Morgan fingerprint density at radius 2 is 1.76 bits per heavy atom. The minimum atomic E-state index is -0.640. The minimum Gasteiger partial charge on any atom is -0.489 e. The molecule has 41 heavy (non-hydrogen) atoms. The molecule has 1 aliphatic rings. The van der Waals surface area contributed by atoms with Crippen LogP contribution in [0.2, 0.25) is 5.02 Å². The molecule has 0 aliphatic carbocycles. The van der Waals surface area contributed by atoms with E-state index < -0.39 is 12.0 Å². The fourth-order valence-corrected chi connectivity index (χ4v) is 6.10. The van der Waals surface area contributed by atoms with Crippen LogP contribution in [0.3, 0.4) is 0 Å². The van der Waals surface area contributed by atoms with E-state index in [1.165, 1.54) is 11.3 Å². The lowest BCUT2D eigenvalue weighted by Crippen LogP contribution is -2.40. The Morgan fingerprint density at radius 3 is 2.39 bits per heavy atom. The van der Waals surface area contributed by atoms with Crippen LogP contribution >= 0.6 is 34.7 Å². The summed E-state index contributed by atoms with van der Waals surface area (Å²) in [6, 6.07) is 22.3. The third-order valence-electron chi connectivity index (χ3n) is 6.51. The second-order valence-corrected chi connectivity index (χ2v) is 12.1. The van der Waals surface area contributed by atoms with Crippen LogP contribution < -0.4 is 19.6 Å². The number of benzene rings is 3. The van der Waals surface area contributed by atoms with E-state index in [1.54, 1.807) is 37.1 Å². The summed E-state index contributed by atoms with van der Waals surface area (Å²) in [7, 11) is 0. The van der Waals surface area contributed by atoms with Gasteiger partial charge in [0.25, 0.3) is 5.56 Å². The van der Waals surface area contributed by atoms with Crippen molar-refractivity contribution in [1.29, 1.82) is 0 Å². The van der Waals surface area contributed by atoms with Crippen molar-refractivity contribution in [3.63, 3.8) is 0 Å². The molecule has 0 unspecified atom stereocenters. The van der Waals surface area contributed by atoms with E-state index in [-0.39, 0.29) is 11.7 Å². The van der Waals surface area contributed by atoms with Gasteiger partial charge in [0.05, 0.1) is 27.9 Å². The summed E-state index contributed by atoms with van der Waals surface area (Å²) in [4.78, 5) is 33.4. The summed E-state index contributed by atoms with van der Waals surface area (Å²) in [5.74, 6) is 0.250. The van der Waals surface area contributed by atoms with Gasteiger partial charge in [-0.25, -0.2) is 9.79 Å². The fourth-order valence-electron chi connectivity index (χ4n) is 4.52. The van der Waals surface area contributed by atoms with Gasteiger partial charge >= 0.3 is 5.97 Å². The van der Waals surface area contributed by atoms with Gasteiger partial charge in [-0.05, 0) is 86.2 Å². The highest BCUT2D eigenvalue weighted by Gasteiger charge is 2.33. The standard InChI is InChI=1S/C32H29ClN2O4S2/c1-19(2)39-31(37)28-20(3)34-32-35(29(28)23-9-15-26(40-4)16-10-23)30(36)27(41-32)17-21-7-13-25(14-8-21)38-18-22-5-11-24(33)12-6-22/h5-17,19,29H,18H2,1-4H3/b27-17-/t29-/m1/s1. The van der Waals surface area contributed by atoms with Crippen LogP contribution in [0.1, 0.15) is 43.5 Å². The number of hydrogen-bond acceptors (Lipinski definition) is 7. The lowest BCUT2D eigenvalue weighted by Gasteiger charge is -2.25. The van der Waals surface area contributed by atoms with Gasteiger partial charge in [-0.2, -0.15) is 0 Å². The number of carbonyl (C=O) groups excluding carboxylic acids is 1. The molecular weight excluding hydrogens is 576 g/mol. The second kappa shape index (κ2) is 12.5. The summed E-state index contributed by atoms with van der Waals surface area (Å²) in [6.45, 7) is 5.83. The summed E-state index contributed by atoms with van der Waals surface area (Å²) in [5.41, 5.74) is 3.40. The first kappa shape index (κ1) is 28.9. The molecule has 0 amide bonds. The highest BCUT2D eigenvalue weighted by Crippen LogP contribution is 2.32. The van der Waals surface area contributed by atoms with Crippen LogP contribution in [0.5, 0.6) is 5.75 Å². The van der Waals surface area contributed by atoms with Crippen molar-refractivity contribution in [2.45, 2.75) is 44.4 Å². The molecule has 1 atom stereocenters. The number of fused-ring (bicyclic) bond motifs is 1. The zero-order chi connectivity index (χ0) is 29.1. The van der Waals surface area contributed by atoms with Crippen LogP contribution in [0, 0.1) is 0 Å². The molecule has 0 spiro atoms. The van der Waals surface area contributed by atoms with Gasteiger partial charge in [0.15, 0.2) is 4.80 Å². The Bertz CT molecular complexity index is 1770. The number of hydrogen-bond donors (Lipinski definition) is 0. The highest BCUT2D eigenvalue weighted by molar-refractivity contribution is 7.98. The van der Waals surface area contributed by atoms with Gasteiger partial charge in [-0.15, -0.1) is 11.8 Å². The fraction of sp³-hybridized carbons (Fsp3) is 0.219. The average molecular weight is 605 g/mol. The van der Waals surface area contributed by atoms with Crippen LogP contribution in [-0.2, 0) is 16.1 Å². The molecule has 4 aromatic rings. The van der Waals surface area contributed by atoms with Gasteiger partial charge in [0, 0.05) is 9.92 Å². The first-order valence-electron chi connectivity index (χ1n) is 13.1. The van der Waals surface area contributed by atoms with Gasteiger partial charge < -0.3 is 9.47 Å². The second-order valence-electron chi connectivity index (χ2n) is 9.79. The molecular formula is C32H29ClN2O4S2. The van der Waals surface area contributed by atoms with E-state index >= 15 is 0 Å². The number of carbonyl (C=O) groups is 1. The maximum absolute atomic E-state index is 13.8. The smallest absolute Gasteiger partial charge is 0.338 e. The molecule has 0 saturated heterocycles. The molecule has 210 valence electrons. The van der Waals surface area contributed by atoms with E-state index in [4.69, 9.17) is 21.1 Å². The molecule has 0 radical (unpaired) electrons. The summed E-state index contributed by atoms with van der Waals surface area (Å²) in [6.07, 6.45) is 3.54. The van der Waals surface area contributed by atoms with Gasteiger partial charge in [0.1, 0.15) is 12.4 Å². The van der Waals surface area contributed by atoms with Gasteiger partial charge in [0.2, 0.25) is 0 Å². The van der Waals surface area contributed by atoms with Crippen molar-refractivity contribution >= 4 is 46.7 Å².